The molecule has 134 valence electrons. The van der Waals surface area contributed by atoms with Crippen LogP contribution in [0.5, 0.6) is 5.75 Å². The van der Waals surface area contributed by atoms with Crippen molar-refractivity contribution in [3.8, 4) is 5.75 Å². The molecular formula is C22H19N3O2. The number of carbonyl (C=O) groups is 1. The van der Waals surface area contributed by atoms with Crippen molar-refractivity contribution in [3.63, 3.8) is 0 Å². The van der Waals surface area contributed by atoms with Gasteiger partial charge in [0.05, 0.1) is 11.0 Å². The Morgan fingerprint density at radius 1 is 1.11 bits per heavy atom. The molecule has 0 radical (unpaired) electrons. The van der Waals surface area contributed by atoms with Gasteiger partial charge in [-0.25, -0.2) is 4.98 Å². The summed E-state index contributed by atoms with van der Waals surface area (Å²) in [4.78, 5) is 21.0. The van der Waals surface area contributed by atoms with Gasteiger partial charge in [-0.3, -0.25) is 9.78 Å². The van der Waals surface area contributed by atoms with E-state index >= 15 is 0 Å². The average molecular weight is 357 g/mol. The number of fused-ring (bicyclic) bond motifs is 1. The van der Waals surface area contributed by atoms with E-state index in [1.807, 2.05) is 42.5 Å². The highest BCUT2D eigenvalue weighted by Crippen LogP contribution is 2.20. The number of nitrogens with one attached hydrogen (secondary N) is 1. The van der Waals surface area contributed by atoms with Crippen molar-refractivity contribution < 1.29 is 9.53 Å². The lowest BCUT2D eigenvalue weighted by atomic mass is 10.1. The molecule has 0 aliphatic heterocycles. The topological polar surface area (TPSA) is 64.1 Å². The molecule has 0 bridgehead atoms. The first kappa shape index (κ1) is 17.0. The molecule has 1 aliphatic rings. The van der Waals surface area contributed by atoms with E-state index in [9.17, 15) is 4.79 Å². The minimum atomic E-state index is -0.216. The van der Waals surface area contributed by atoms with E-state index < -0.39 is 0 Å². The van der Waals surface area contributed by atoms with Gasteiger partial charge < -0.3 is 10.1 Å². The number of pyridine rings is 2. The lowest BCUT2D eigenvalue weighted by Gasteiger charge is -2.12. The van der Waals surface area contributed by atoms with E-state index in [4.69, 9.17) is 4.74 Å². The van der Waals surface area contributed by atoms with Crippen LogP contribution in [0, 0.1) is 0 Å². The highest BCUT2D eigenvalue weighted by atomic mass is 16.5. The predicted octanol–water partition coefficient (Wildman–Crippen LogP) is 4.17. The largest absolute Gasteiger partial charge is 0.462 e. The zero-order valence-electron chi connectivity index (χ0n) is 14.8. The van der Waals surface area contributed by atoms with Gasteiger partial charge in [-0.15, -0.1) is 0 Å². The van der Waals surface area contributed by atoms with Crippen LogP contribution >= 0.6 is 0 Å². The molecule has 0 spiro atoms. The first-order valence-electron chi connectivity index (χ1n) is 8.90. The van der Waals surface area contributed by atoms with Gasteiger partial charge in [-0.05, 0) is 54.5 Å². The zero-order valence-corrected chi connectivity index (χ0v) is 14.8. The Hall–Kier alpha value is -3.47. The molecule has 0 fully saturated rings. The quantitative estimate of drug-likeness (QED) is 0.744. The summed E-state index contributed by atoms with van der Waals surface area (Å²) in [5, 5.41) is 2.91. The third-order valence-electron chi connectivity index (χ3n) is 4.26. The Morgan fingerprint density at radius 2 is 2.07 bits per heavy atom. The maximum atomic E-state index is 12.4. The maximum Gasteiger partial charge on any atom is 0.270 e. The van der Waals surface area contributed by atoms with Gasteiger partial charge in [0.1, 0.15) is 17.2 Å². The van der Waals surface area contributed by atoms with Crippen molar-refractivity contribution in [2.24, 2.45) is 0 Å². The van der Waals surface area contributed by atoms with E-state index in [2.05, 4.69) is 21.4 Å². The number of benzene rings is 1. The second kappa shape index (κ2) is 7.83. The van der Waals surface area contributed by atoms with E-state index in [0.717, 1.165) is 35.4 Å². The number of aromatic nitrogens is 2. The van der Waals surface area contributed by atoms with Gasteiger partial charge in [-0.2, -0.15) is 0 Å². The van der Waals surface area contributed by atoms with Gasteiger partial charge in [0.15, 0.2) is 0 Å². The average Bonchev–Trinajstić information content (AvgIpc) is 2.73. The summed E-state index contributed by atoms with van der Waals surface area (Å²) in [6.07, 6.45) is 9.72. The summed E-state index contributed by atoms with van der Waals surface area (Å²) >= 11 is 0. The number of rotatable bonds is 5. The van der Waals surface area contributed by atoms with Crippen LogP contribution in [-0.4, -0.2) is 15.9 Å². The van der Waals surface area contributed by atoms with Gasteiger partial charge in [0, 0.05) is 19.2 Å². The highest BCUT2D eigenvalue weighted by Gasteiger charge is 2.09. The highest BCUT2D eigenvalue weighted by molar-refractivity contribution is 5.94. The molecular weight excluding hydrogens is 338 g/mol. The normalized spacial score (nSPS) is 13.3. The Balaban J connectivity index is 1.41. The molecule has 0 atom stereocenters. The summed E-state index contributed by atoms with van der Waals surface area (Å²) in [6.45, 7) is 0.405. The monoisotopic (exact) mass is 357 g/mol. The van der Waals surface area contributed by atoms with Crippen molar-refractivity contribution in [1.29, 1.82) is 0 Å². The molecule has 5 heteroatoms. The molecule has 3 aromatic rings. The first-order valence-corrected chi connectivity index (χ1v) is 8.90. The Kier molecular flexibility index (Phi) is 4.92. The van der Waals surface area contributed by atoms with Crippen molar-refractivity contribution in [3.05, 3.63) is 90.0 Å². The van der Waals surface area contributed by atoms with Crippen LogP contribution in [-0.2, 0) is 6.54 Å². The van der Waals surface area contributed by atoms with Crippen LogP contribution < -0.4 is 10.1 Å². The predicted molar refractivity (Wildman–Crippen MR) is 104 cm³/mol. The van der Waals surface area contributed by atoms with Gasteiger partial charge in [-0.1, -0.05) is 24.3 Å². The summed E-state index contributed by atoms with van der Waals surface area (Å²) in [6, 6.07) is 14.9. The van der Waals surface area contributed by atoms with Gasteiger partial charge >= 0.3 is 0 Å². The molecule has 1 aromatic carbocycles. The fraction of sp³-hybridized carbons (Fsp3) is 0.136. The van der Waals surface area contributed by atoms with Crippen LogP contribution in [0.15, 0.2) is 78.7 Å². The molecule has 0 saturated heterocycles. The molecule has 2 heterocycles. The lowest BCUT2D eigenvalue weighted by molar-refractivity contribution is 0.0946. The number of hydrogen-bond acceptors (Lipinski definition) is 4. The first-order chi connectivity index (χ1) is 13.3. The van der Waals surface area contributed by atoms with Crippen LogP contribution in [0.3, 0.4) is 0 Å². The second-order valence-corrected chi connectivity index (χ2v) is 6.27. The lowest BCUT2D eigenvalue weighted by Crippen LogP contribution is -2.23. The maximum absolute atomic E-state index is 12.4. The summed E-state index contributed by atoms with van der Waals surface area (Å²) in [5.74, 6) is 1.51. The minimum Gasteiger partial charge on any atom is -0.462 e. The van der Waals surface area contributed by atoms with E-state index in [-0.39, 0.29) is 5.91 Å². The number of allylic oxidation sites excluding steroid dienone is 4. The van der Waals surface area contributed by atoms with Crippen molar-refractivity contribution in [1.82, 2.24) is 15.3 Å². The van der Waals surface area contributed by atoms with Crippen molar-refractivity contribution in [2.45, 2.75) is 19.4 Å². The molecule has 5 nitrogen and oxygen atoms in total. The summed E-state index contributed by atoms with van der Waals surface area (Å²) in [7, 11) is 0. The van der Waals surface area contributed by atoms with Crippen molar-refractivity contribution >= 4 is 16.9 Å². The Morgan fingerprint density at radius 3 is 2.96 bits per heavy atom. The van der Waals surface area contributed by atoms with E-state index in [1.54, 1.807) is 24.4 Å². The molecule has 4 rings (SSSR count). The molecule has 0 saturated carbocycles. The van der Waals surface area contributed by atoms with Gasteiger partial charge in [0.2, 0.25) is 0 Å². The SMILES string of the molecule is O=C(NCc1cccc(OC2=CC=CCC2)c1)c1ccc2ncccc2n1. The fourth-order valence-electron chi connectivity index (χ4n) is 2.89. The number of ether oxygens (including phenoxy) is 1. The number of carbonyl (C=O) groups excluding carboxylic acids is 1. The van der Waals surface area contributed by atoms with Crippen LogP contribution in [0.25, 0.3) is 11.0 Å². The van der Waals surface area contributed by atoms with Crippen LogP contribution in [0.4, 0.5) is 0 Å². The second-order valence-electron chi connectivity index (χ2n) is 6.27. The number of nitrogens with zero attached hydrogens (tertiary/aromatic N) is 2. The smallest absolute Gasteiger partial charge is 0.270 e. The van der Waals surface area contributed by atoms with Gasteiger partial charge in [0.25, 0.3) is 5.91 Å². The standard InChI is InChI=1S/C22H19N3O2/c26-22(21-12-11-19-20(25-21)10-5-13-23-19)24-15-16-6-4-9-18(14-16)27-17-7-2-1-3-8-17/h1-2,4-7,9-14H,3,8,15H2,(H,24,26). The molecule has 27 heavy (non-hydrogen) atoms. The Bertz CT molecular complexity index is 1040. The number of hydrogen-bond donors (Lipinski definition) is 1. The molecule has 0 unspecified atom stereocenters. The third-order valence-corrected chi connectivity index (χ3v) is 4.26. The molecule has 2 aromatic heterocycles. The fourth-order valence-corrected chi connectivity index (χ4v) is 2.89. The van der Waals surface area contributed by atoms with Crippen LogP contribution in [0.2, 0.25) is 0 Å². The zero-order chi connectivity index (χ0) is 18.5. The van der Waals surface area contributed by atoms with E-state index in [0.29, 0.717) is 17.8 Å². The van der Waals surface area contributed by atoms with Crippen molar-refractivity contribution in [2.75, 3.05) is 0 Å². The molecule has 1 aliphatic carbocycles. The summed E-state index contributed by atoms with van der Waals surface area (Å²) < 4.78 is 5.91. The molecule has 1 N–H and O–H groups in total. The van der Waals surface area contributed by atoms with E-state index in [1.165, 1.54) is 0 Å². The third kappa shape index (κ3) is 4.20. The minimum absolute atomic E-state index is 0.216. The summed E-state index contributed by atoms with van der Waals surface area (Å²) in [5.41, 5.74) is 2.82. The molecule has 1 amide bonds. The number of amides is 1. The van der Waals surface area contributed by atoms with Crippen LogP contribution in [0.1, 0.15) is 28.9 Å². The Labute approximate surface area is 157 Å².